The summed E-state index contributed by atoms with van der Waals surface area (Å²) in [4.78, 5) is 11.9. The number of hydrogen-bond acceptors (Lipinski definition) is 2. The van der Waals surface area contributed by atoms with Crippen LogP contribution in [0.2, 0.25) is 0 Å². The third-order valence-corrected chi connectivity index (χ3v) is 3.17. The minimum Gasteiger partial charge on any atom is -0.325 e. The Labute approximate surface area is 123 Å². The van der Waals surface area contributed by atoms with E-state index >= 15 is 0 Å². The number of anilines is 1. The molecule has 0 aliphatic carbocycles. The molecule has 1 atom stereocenters. The van der Waals surface area contributed by atoms with Crippen molar-refractivity contribution in [1.29, 1.82) is 0 Å². The first-order valence-corrected chi connectivity index (χ1v) is 6.65. The van der Waals surface area contributed by atoms with Crippen LogP contribution in [0.4, 0.5) is 18.9 Å². The third-order valence-electron chi connectivity index (χ3n) is 2.71. The fourth-order valence-electron chi connectivity index (χ4n) is 1.44. The van der Waals surface area contributed by atoms with E-state index in [1.165, 1.54) is 6.07 Å². The molecule has 3 N–H and O–H groups in total. The van der Waals surface area contributed by atoms with E-state index in [0.29, 0.717) is 0 Å². The summed E-state index contributed by atoms with van der Waals surface area (Å²) in [6.45, 7) is 5.33. The van der Waals surface area contributed by atoms with Crippen LogP contribution in [-0.4, -0.2) is 11.9 Å². The Kier molecular flexibility index (Phi) is 4.86. The standard InChI is InChI=1S/C13H16BrF3N2O/c1-12(2,3)10(18)11(20)19-9-5-7(13(15,16)17)4-8(14)6-9/h4-6,10H,18H2,1-3H3,(H,19,20)/t10-/m1/s1. The van der Waals surface area contributed by atoms with Crippen molar-refractivity contribution < 1.29 is 18.0 Å². The summed E-state index contributed by atoms with van der Waals surface area (Å²) in [6, 6.07) is 2.38. The second-order valence-electron chi connectivity index (χ2n) is 5.56. The summed E-state index contributed by atoms with van der Waals surface area (Å²) in [6.07, 6.45) is -4.48. The fourth-order valence-corrected chi connectivity index (χ4v) is 1.93. The largest absolute Gasteiger partial charge is 0.416 e. The average Bonchev–Trinajstić information content (AvgIpc) is 2.24. The van der Waals surface area contributed by atoms with Crippen molar-refractivity contribution in [3.05, 3.63) is 28.2 Å². The zero-order valence-electron chi connectivity index (χ0n) is 11.3. The first-order chi connectivity index (χ1) is 8.91. The van der Waals surface area contributed by atoms with Crippen LogP contribution in [0.15, 0.2) is 22.7 Å². The van der Waals surface area contributed by atoms with E-state index in [0.717, 1.165) is 12.1 Å². The molecule has 7 heteroatoms. The number of amides is 1. The van der Waals surface area contributed by atoms with Crippen LogP contribution in [0, 0.1) is 5.41 Å². The van der Waals surface area contributed by atoms with E-state index in [2.05, 4.69) is 21.2 Å². The molecule has 0 unspecified atom stereocenters. The number of alkyl halides is 3. The molecule has 1 amide bonds. The number of hydrogen-bond donors (Lipinski definition) is 2. The van der Waals surface area contributed by atoms with Gasteiger partial charge in [-0.05, 0) is 23.6 Å². The van der Waals surface area contributed by atoms with Gasteiger partial charge in [0.05, 0.1) is 11.6 Å². The van der Waals surface area contributed by atoms with Gasteiger partial charge in [0.15, 0.2) is 0 Å². The third kappa shape index (κ3) is 4.49. The van der Waals surface area contributed by atoms with Gasteiger partial charge in [-0.3, -0.25) is 4.79 Å². The summed E-state index contributed by atoms with van der Waals surface area (Å²) in [7, 11) is 0. The first-order valence-electron chi connectivity index (χ1n) is 5.85. The molecule has 0 bridgehead atoms. The number of carbonyl (C=O) groups is 1. The van der Waals surface area contributed by atoms with Gasteiger partial charge < -0.3 is 11.1 Å². The molecule has 1 aromatic carbocycles. The lowest BCUT2D eigenvalue weighted by Gasteiger charge is -2.26. The van der Waals surface area contributed by atoms with Crippen molar-refractivity contribution in [2.45, 2.75) is 33.0 Å². The maximum Gasteiger partial charge on any atom is 0.416 e. The summed E-state index contributed by atoms with van der Waals surface area (Å²) < 4.78 is 38.3. The summed E-state index contributed by atoms with van der Waals surface area (Å²) in [5.74, 6) is -0.524. The van der Waals surface area contributed by atoms with Gasteiger partial charge in [0, 0.05) is 10.2 Å². The molecule has 0 fully saturated rings. The maximum atomic E-state index is 12.7. The molecule has 0 heterocycles. The quantitative estimate of drug-likeness (QED) is 0.850. The SMILES string of the molecule is CC(C)(C)[C@H](N)C(=O)Nc1cc(Br)cc(C(F)(F)F)c1. The van der Waals surface area contributed by atoms with Crippen molar-refractivity contribution in [2.75, 3.05) is 5.32 Å². The number of rotatable bonds is 2. The van der Waals surface area contributed by atoms with E-state index in [9.17, 15) is 18.0 Å². The Balaban J connectivity index is 2.99. The van der Waals surface area contributed by atoms with Crippen LogP contribution in [-0.2, 0) is 11.0 Å². The number of nitrogens with two attached hydrogens (primary N) is 1. The van der Waals surface area contributed by atoms with Crippen LogP contribution in [0.5, 0.6) is 0 Å². The minimum atomic E-state index is -4.48. The van der Waals surface area contributed by atoms with Gasteiger partial charge in [-0.1, -0.05) is 36.7 Å². The number of carbonyl (C=O) groups excluding carboxylic acids is 1. The Morgan fingerprint density at radius 3 is 2.25 bits per heavy atom. The van der Waals surface area contributed by atoms with E-state index in [1.54, 1.807) is 20.8 Å². The fraction of sp³-hybridized carbons (Fsp3) is 0.462. The molecule has 112 valence electrons. The van der Waals surface area contributed by atoms with E-state index in [4.69, 9.17) is 5.73 Å². The number of halogens is 4. The molecule has 3 nitrogen and oxygen atoms in total. The number of nitrogens with one attached hydrogen (secondary N) is 1. The van der Waals surface area contributed by atoms with Gasteiger partial charge in [-0.2, -0.15) is 13.2 Å². The lowest BCUT2D eigenvalue weighted by atomic mass is 9.87. The molecule has 0 saturated carbocycles. The Hall–Kier alpha value is -1.08. The van der Waals surface area contributed by atoms with Crippen LogP contribution >= 0.6 is 15.9 Å². The summed E-state index contributed by atoms with van der Waals surface area (Å²) in [5, 5.41) is 2.41. The second kappa shape index (κ2) is 5.73. The van der Waals surface area contributed by atoms with Gasteiger partial charge in [-0.25, -0.2) is 0 Å². The molecule has 1 rings (SSSR count). The van der Waals surface area contributed by atoms with Crippen molar-refractivity contribution >= 4 is 27.5 Å². The molecule has 0 aliphatic rings. The zero-order valence-corrected chi connectivity index (χ0v) is 12.9. The van der Waals surface area contributed by atoms with Gasteiger partial charge in [0.25, 0.3) is 0 Å². The Bertz CT molecular complexity index is 509. The lowest BCUT2D eigenvalue weighted by molar-refractivity contribution is -0.137. The molecule has 0 saturated heterocycles. The van der Waals surface area contributed by atoms with Gasteiger partial charge in [-0.15, -0.1) is 0 Å². The summed E-state index contributed by atoms with van der Waals surface area (Å²) >= 11 is 2.99. The molecule has 0 radical (unpaired) electrons. The minimum absolute atomic E-state index is 0.0522. The lowest BCUT2D eigenvalue weighted by Crippen LogP contribution is -2.45. The van der Waals surface area contributed by atoms with Gasteiger partial charge >= 0.3 is 6.18 Å². The van der Waals surface area contributed by atoms with Crippen LogP contribution < -0.4 is 11.1 Å². The smallest absolute Gasteiger partial charge is 0.325 e. The van der Waals surface area contributed by atoms with E-state index in [1.807, 2.05) is 0 Å². The van der Waals surface area contributed by atoms with Crippen molar-refractivity contribution in [3.63, 3.8) is 0 Å². The molecule has 1 aromatic rings. The zero-order chi connectivity index (χ0) is 15.7. The van der Waals surface area contributed by atoms with E-state index in [-0.39, 0.29) is 10.2 Å². The highest BCUT2D eigenvalue weighted by Crippen LogP contribution is 2.33. The van der Waals surface area contributed by atoms with Crippen LogP contribution in [0.1, 0.15) is 26.3 Å². The van der Waals surface area contributed by atoms with Crippen LogP contribution in [0.25, 0.3) is 0 Å². The number of benzene rings is 1. The average molecular weight is 353 g/mol. The van der Waals surface area contributed by atoms with E-state index < -0.39 is 29.1 Å². The highest BCUT2D eigenvalue weighted by molar-refractivity contribution is 9.10. The Morgan fingerprint density at radius 1 is 1.25 bits per heavy atom. The van der Waals surface area contributed by atoms with Crippen molar-refractivity contribution in [3.8, 4) is 0 Å². The maximum absolute atomic E-state index is 12.7. The normalized spacial score (nSPS) is 14.0. The molecular weight excluding hydrogens is 337 g/mol. The second-order valence-corrected chi connectivity index (χ2v) is 6.47. The van der Waals surface area contributed by atoms with Gasteiger partial charge in [0.2, 0.25) is 5.91 Å². The molecule has 0 aromatic heterocycles. The topological polar surface area (TPSA) is 55.1 Å². The molecule has 20 heavy (non-hydrogen) atoms. The van der Waals surface area contributed by atoms with Crippen LogP contribution in [0.3, 0.4) is 0 Å². The highest BCUT2D eigenvalue weighted by Gasteiger charge is 2.32. The molecule has 0 aliphatic heterocycles. The predicted octanol–water partition coefficient (Wildman–Crippen LogP) is 3.78. The Morgan fingerprint density at radius 2 is 1.80 bits per heavy atom. The molecule has 0 spiro atoms. The first kappa shape index (κ1) is 17.0. The van der Waals surface area contributed by atoms with Crippen molar-refractivity contribution in [2.24, 2.45) is 11.1 Å². The summed E-state index contributed by atoms with van der Waals surface area (Å²) in [5.41, 5.74) is 4.49. The van der Waals surface area contributed by atoms with Gasteiger partial charge in [0.1, 0.15) is 0 Å². The molecular formula is C13H16BrF3N2O. The van der Waals surface area contributed by atoms with Crippen molar-refractivity contribution in [1.82, 2.24) is 0 Å². The highest BCUT2D eigenvalue weighted by atomic mass is 79.9. The predicted molar refractivity (Wildman–Crippen MR) is 75.2 cm³/mol. The monoisotopic (exact) mass is 352 g/mol.